The van der Waals surface area contributed by atoms with Gasteiger partial charge in [0, 0.05) is 17.9 Å². The summed E-state index contributed by atoms with van der Waals surface area (Å²) in [5.74, 6) is 0.634. The van der Waals surface area contributed by atoms with E-state index >= 15 is 0 Å². The number of ether oxygens (including phenoxy) is 1. The molecule has 1 saturated heterocycles. The summed E-state index contributed by atoms with van der Waals surface area (Å²) < 4.78 is 35.4. The van der Waals surface area contributed by atoms with Crippen molar-refractivity contribution in [3.05, 3.63) is 64.9 Å². The van der Waals surface area contributed by atoms with Crippen molar-refractivity contribution in [3.8, 4) is 5.75 Å². The maximum Gasteiger partial charge on any atom is 0.297 e. The van der Waals surface area contributed by atoms with Gasteiger partial charge in [-0.2, -0.15) is 8.42 Å². The highest BCUT2D eigenvalue weighted by Crippen LogP contribution is 2.37. The lowest BCUT2D eigenvalue weighted by molar-refractivity contribution is -0.899. The van der Waals surface area contributed by atoms with Crippen molar-refractivity contribution >= 4 is 10.1 Å². The van der Waals surface area contributed by atoms with Crippen LogP contribution in [0.25, 0.3) is 0 Å². The third-order valence-corrected chi connectivity index (χ3v) is 7.38. The number of quaternary nitrogens is 1. The molecular formula is C22H29NO5S. The third-order valence-electron chi connectivity index (χ3n) is 5.98. The molecule has 1 heterocycles. The van der Waals surface area contributed by atoms with E-state index in [4.69, 9.17) is 8.92 Å². The molecule has 158 valence electrons. The fourth-order valence-electron chi connectivity index (χ4n) is 3.89. The largest absolute Gasteiger partial charge is 0.632 e. The first-order valence-corrected chi connectivity index (χ1v) is 11.3. The molecule has 0 radical (unpaired) electrons. The minimum absolute atomic E-state index is 0.117. The Labute approximate surface area is 173 Å². The third kappa shape index (κ3) is 4.80. The summed E-state index contributed by atoms with van der Waals surface area (Å²) >= 11 is 0. The summed E-state index contributed by atoms with van der Waals surface area (Å²) in [5, 5.41) is 13.4. The minimum atomic E-state index is -3.85. The zero-order valence-corrected chi connectivity index (χ0v) is 18.2. The van der Waals surface area contributed by atoms with Crippen molar-refractivity contribution < 1.29 is 22.0 Å². The van der Waals surface area contributed by atoms with Crippen LogP contribution in [0.1, 0.15) is 37.4 Å². The normalized spacial score (nSPS) is 24.2. The minimum Gasteiger partial charge on any atom is -0.632 e. The number of nitrogens with zero attached hydrogens (tertiary/aromatic N) is 1. The molecule has 0 saturated carbocycles. The Morgan fingerprint density at radius 1 is 1.07 bits per heavy atom. The number of hydroxylamine groups is 3. The summed E-state index contributed by atoms with van der Waals surface area (Å²) in [4.78, 5) is 0.141. The van der Waals surface area contributed by atoms with Crippen molar-refractivity contribution in [1.29, 1.82) is 0 Å². The van der Waals surface area contributed by atoms with Gasteiger partial charge in [0.1, 0.15) is 11.8 Å². The molecule has 0 amide bonds. The molecule has 1 aliphatic rings. The smallest absolute Gasteiger partial charge is 0.297 e. The first-order chi connectivity index (χ1) is 13.6. The predicted octanol–water partition coefficient (Wildman–Crippen LogP) is 4.19. The van der Waals surface area contributed by atoms with Crippen molar-refractivity contribution in [3.63, 3.8) is 0 Å². The molecule has 2 aromatic carbocycles. The van der Waals surface area contributed by atoms with E-state index in [0.29, 0.717) is 19.5 Å². The van der Waals surface area contributed by atoms with Gasteiger partial charge in [-0.3, -0.25) is 4.18 Å². The lowest BCUT2D eigenvalue weighted by Crippen LogP contribution is -2.43. The quantitative estimate of drug-likeness (QED) is 0.382. The molecule has 7 heteroatoms. The molecule has 0 bridgehead atoms. The second-order valence-electron chi connectivity index (χ2n) is 7.92. The van der Waals surface area contributed by atoms with Gasteiger partial charge in [-0.05, 0) is 57.2 Å². The zero-order valence-electron chi connectivity index (χ0n) is 17.4. The average Bonchev–Trinajstić information content (AvgIpc) is 3.11. The van der Waals surface area contributed by atoms with E-state index in [0.717, 1.165) is 16.9 Å². The van der Waals surface area contributed by atoms with Crippen LogP contribution >= 0.6 is 0 Å². The van der Waals surface area contributed by atoms with E-state index in [1.165, 1.54) is 0 Å². The van der Waals surface area contributed by atoms with E-state index in [-0.39, 0.29) is 21.5 Å². The van der Waals surface area contributed by atoms with Crippen LogP contribution in [0, 0.1) is 18.0 Å². The molecule has 29 heavy (non-hydrogen) atoms. The molecule has 0 aromatic heterocycles. The van der Waals surface area contributed by atoms with Crippen LogP contribution in [-0.4, -0.2) is 39.4 Å². The first kappa shape index (κ1) is 21.8. The summed E-state index contributed by atoms with van der Waals surface area (Å²) in [6.45, 7) is 6.33. The van der Waals surface area contributed by atoms with Crippen LogP contribution in [-0.2, 0) is 14.3 Å². The molecular weight excluding hydrogens is 390 g/mol. The second-order valence-corrected chi connectivity index (χ2v) is 9.50. The Bertz CT molecular complexity index is 927. The highest BCUT2D eigenvalue weighted by Gasteiger charge is 2.40. The van der Waals surface area contributed by atoms with Crippen LogP contribution in [0.4, 0.5) is 0 Å². The van der Waals surface area contributed by atoms with Gasteiger partial charge in [-0.15, -0.1) is 0 Å². The van der Waals surface area contributed by atoms with Crippen molar-refractivity contribution in [2.45, 2.75) is 44.2 Å². The number of likely N-dealkylation sites (tertiary alicyclic amines) is 1. The van der Waals surface area contributed by atoms with E-state index in [2.05, 4.69) is 0 Å². The van der Waals surface area contributed by atoms with E-state index in [1.54, 1.807) is 38.3 Å². The van der Waals surface area contributed by atoms with Crippen LogP contribution in [0.3, 0.4) is 0 Å². The fourth-order valence-corrected chi connectivity index (χ4v) is 5.03. The lowest BCUT2D eigenvalue weighted by Gasteiger charge is -2.45. The van der Waals surface area contributed by atoms with Gasteiger partial charge in [0.25, 0.3) is 10.1 Å². The molecule has 0 aliphatic carbocycles. The fraction of sp³-hybridized carbons (Fsp3) is 0.455. The number of aryl methyl sites for hydroxylation is 1. The van der Waals surface area contributed by atoms with Gasteiger partial charge in [0.15, 0.2) is 0 Å². The Balaban J connectivity index is 1.67. The molecule has 6 nitrogen and oxygen atoms in total. The molecule has 0 N–H and O–H groups in total. The predicted molar refractivity (Wildman–Crippen MR) is 112 cm³/mol. The first-order valence-electron chi connectivity index (χ1n) is 9.86. The van der Waals surface area contributed by atoms with Crippen molar-refractivity contribution in [2.24, 2.45) is 5.92 Å². The van der Waals surface area contributed by atoms with Crippen LogP contribution in [0.15, 0.2) is 53.4 Å². The molecule has 4 atom stereocenters. The second kappa shape index (κ2) is 8.44. The highest BCUT2D eigenvalue weighted by molar-refractivity contribution is 7.86. The van der Waals surface area contributed by atoms with Crippen molar-refractivity contribution in [2.75, 3.05) is 20.2 Å². The maximum atomic E-state index is 13.4. The van der Waals surface area contributed by atoms with Gasteiger partial charge in [0.2, 0.25) is 0 Å². The summed E-state index contributed by atoms with van der Waals surface area (Å²) in [5.41, 5.74) is 1.93. The van der Waals surface area contributed by atoms with Crippen molar-refractivity contribution in [1.82, 2.24) is 0 Å². The Hall–Kier alpha value is -1.93. The molecule has 2 aromatic rings. The Morgan fingerprint density at radius 2 is 1.69 bits per heavy atom. The van der Waals surface area contributed by atoms with E-state index in [1.807, 2.05) is 38.1 Å². The molecule has 0 spiro atoms. The Kier molecular flexibility index (Phi) is 6.33. The lowest BCUT2D eigenvalue weighted by atomic mass is 10.0. The molecule has 3 rings (SSSR count). The van der Waals surface area contributed by atoms with Gasteiger partial charge in [-0.25, -0.2) is 0 Å². The monoisotopic (exact) mass is 419 g/mol. The van der Waals surface area contributed by atoms with Gasteiger partial charge in [0.05, 0.1) is 31.2 Å². The number of methoxy groups -OCH3 is 1. The number of benzene rings is 2. The van der Waals surface area contributed by atoms with Gasteiger partial charge < -0.3 is 14.6 Å². The highest BCUT2D eigenvalue weighted by atomic mass is 32.2. The summed E-state index contributed by atoms with van der Waals surface area (Å²) in [6.07, 6.45) is 0.0764. The average molecular weight is 420 g/mol. The van der Waals surface area contributed by atoms with Crippen LogP contribution in [0.2, 0.25) is 0 Å². The number of rotatable bonds is 7. The van der Waals surface area contributed by atoms with Gasteiger partial charge >= 0.3 is 0 Å². The Morgan fingerprint density at radius 3 is 2.28 bits per heavy atom. The number of hydrogen-bond acceptors (Lipinski definition) is 5. The van der Waals surface area contributed by atoms with E-state index in [9.17, 15) is 13.6 Å². The standard InChI is InChI=1S/C22H29NO5S/c1-16-5-11-22(12-6-16)29(25,26)28-18(3)20-13-14-23(24,15-20)17(2)19-7-9-21(27-4)10-8-19/h5-12,17-18,20H,13-15H2,1-4H3/t17-,18-,20?,23?/m0/s1. The SMILES string of the molecule is COc1ccc([C@H](C)[N+]2([O-])CCC([C@H](C)OS(=O)(=O)c3ccc(C)cc3)C2)cc1. The van der Waals surface area contributed by atoms with E-state index < -0.39 is 16.2 Å². The molecule has 2 unspecified atom stereocenters. The molecule has 1 fully saturated rings. The number of hydrogen-bond donors (Lipinski definition) is 0. The van der Waals surface area contributed by atoms with Crippen LogP contribution < -0.4 is 4.74 Å². The van der Waals surface area contributed by atoms with Crippen LogP contribution in [0.5, 0.6) is 5.75 Å². The summed E-state index contributed by atoms with van der Waals surface area (Å²) in [6, 6.07) is 13.9. The zero-order chi connectivity index (χ0) is 21.2. The topological polar surface area (TPSA) is 75.7 Å². The summed E-state index contributed by atoms with van der Waals surface area (Å²) in [7, 11) is -2.25. The van der Waals surface area contributed by atoms with Gasteiger partial charge in [-0.1, -0.05) is 17.7 Å². The maximum absolute atomic E-state index is 13.4. The molecule has 1 aliphatic heterocycles.